The molecule has 4 aliphatic carbocycles. The first-order chi connectivity index (χ1) is 11.4. The van der Waals surface area contributed by atoms with Crippen molar-refractivity contribution in [3.63, 3.8) is 0 Å². The lowest BCUT2D eigenvalue weighted by atomic mass is 9.44. The average molecular weight is 331 g/mol. The van der Waals surface area contributed by atoms with Crippen LogP contribution in [0.5, 0.6) is 0 Å². The molecule has 0 aromatic rings. The van der Waals surface area contributed by atoms with Gasteiger partial charge >= 0.3 is 0 Å². The second-order valence-electron chi connectivity index (χ2n) is 9.92. The summed E-state index contributed by atoms with van der Waals surface area (Å²) in [6.07, 6.45) is 15.7. The molecule has 0 aliphatic heterocycles. The van der Waals surface area contributed by atoms with E-state index in [0.717, 1.165) is 42.9 Å². The monoisotopic (exact) mass is 330 g/mol. The Bertz CT molecular complexity index is 537. The summed E-state index contributed by atoms with van der Waals surface area (Å²) in [6, 6.07) is 0. The maximum Gasteiger partial charge on any atom is 0.117 e. The molecule has 0 spiro atoms. The van der Waals surface area contributed by atoms with Crippen LogP contribution in [0.25, 0.3) is 0 Å². The van der Waals surface area contributed by atoms with Crippen molar-refractivity contribution in [2.75, 3.05) is 0 Å². The molecule has 0 bridgehead atoms. The topological polar surface area (TPSA) is 40.5 Å². The van der Waals surface area contributed by atoms with Crippen LogP contribution in [0.1, 0.15) is 71.6 Å². The van der Waals surface area contributed by atoms with Crippen molar-refractivity contribution in [1.82, 2.24) is 0 Å². The van der Waals surface area contributed by atoms with Crippen molar-refractivity contribution in [3.8, 4) is 12.3 Å². The minimum atomic E-state index is -0.562. The van der Waals surface area contributed by atoms with Gasteiger partial charge in [-0.05, 0) is 92.3 Å². The largest absolute Gasteiger partial charge is 0.393 e. The molecule has 0 amide bonds. The lowest BCUT2D eigenvalue weighted by Gasteiger charge is -2.61. The van der Waals surface area contributed by atoms with Crippen molar-refractivity contribution in [1.29, 1.82) is 0 Å². The Hall–Kier alpha value is -0.520. The van der Waals surface area contributed by atoms with E-state index in [9.17, 15) is 10.2 Å². The number of rotatable bonds is 1. The summed E-state index contributed by atoms with van der Waals surface area (Å²) in [6.45, 7) is 4.96. The molecule has 0 heterocycles. The Morgan fingerprint density at radius 3 is 2.42 bits per heavy atom. The van der Waals surface area contributed by atoms with Crippen LogP contribution in [0.2, 0.25) is 0 Å². The van der Waals surface area contributed by atoms with E-state index in [1.54, 1.807) is 0 Å². The molecule has 2 N–H and O–H groups in total. The number of aliphatic hydroxyl groups is 2. The molecule has 0 aromatic heterocycles. The van der Waals surface area contributed by atoms with Crippen LogP contribution in [0.15, 0.2) is 0 Å². The highest BCUT2D eigenvalue weighted by Gasteiger charge is 2.60. The fourth-order valence-corrected chi connectivity index (χ4v) is 7.91. The maximum absolute atomic E-state index is 10.4. The van der Waals surface area contributed by atoms with Crippen LogP contribution in [-0.2, 0) is 0 Å². The van der Waals surface area contributed by atoms with Gasteiger partial charge in [-0.25, -0.2) is 0 Å². The molecule has 0 radical (unpaired) electrons. The zero-order valence-electron chi connectivity index (χ0n) is 15.4. The van der Waals surface area contributed by atoms with Gasteiger partial charge in [0.1, 0.15) is 6.10 Å². The van der Waals surface area contributed by atoms with Gasteiger partial charge < -0.3 is 10.2 Å². The van der Waals surface area contributed by atoms with Gasteiger partial charge in [0.05, 0.1) is 6.10 Å². The fourth-order valence-electron chi connectivity index (χ4n) is 7.91. The maximum atomic E-state index is 10.4. The average Bonchev–Trinajstić information content (AvgIpc) is 2.92. The van der Waals surface area contributed by atoms with E-state index in [1.807, 2.05) is 0 Å². The standard InChI is InChI=1S/C22H34O2/c1-4-20(24)19-8-7-17-16-6-5-14-13-15(23)9-11-21(14,2)18(16)10-12-22(17,19)3/h1,14-20,23-24H,5-13H2,2-3H3/t14-,15+,16-,17-,18-,19+,20-,21-,22-/m0/s1. The van der Waals surface area contributed by atoms with Crippen LogP contribution in [-0.4, -0.2) is 22.4 Å². The Morgan fingerprint density at radius 2 is 1.67 bits per heavy atom. The zero-order valence-corrected chi connectivity index (χ0v) is 15.4. The van der Waals surface area contributed by atoms with Gasteiger partial charge in [-0.3, -0.25) is 0 Å². The highest BCUT2D eigenvalue weighted by Crippen LogP contribution is 2.67. The molecule has 4 saturated carbocycles. The van der Waals surface area contributed by atoms with Gasteiger partial charge in [-0.1, -0.05) is 19.8 Å². The summed E-state index contributed by atoms with van der Waals surface area (Å²) in [5.74, 6) is 6.03. The van der Waals surface area contributed by atoms with Crippen LogP contribution >= 0.6 is 0 Å². The third-order valence-corrected chi connectivity index (χ3v) is 9.26. The molecule has 134 valence electrons. The smallest absolute Gasteiger partial charge is 0.117 e. The lowest BCUT2D eigenvalue weighted by molar-refractivity contribution is -0.130. The van der Waals surface area contributed by atoms with Crippen LogP contribution in [0.4, 0.5) is 0 Å². The number of terminal acetylenes is 1. The van der Waals surface area contributed by atoms with Gasteiger partial charge in [-0.15, -0.1) is 6.42 Å². The van der Waals surface area contributed by atoms with E-state index in [2.05, 4.69) is 19.8 Å². The number of fused-ring (bicyclic) bond motifs is 5. The van der Waals surface area contributed by atoms with Gasteiger partial charge in [-0.2, -0.15) is 0 Å². The summed E-state index contributed by atoms with van der Waals surface area (Å²) in [7, 11) is 0. The Labute approximate surface area is 147 Å². The summed E-state index contributed by atoms with van der Waals surface area (Å²) in [5, 5.41) is 20.5. The molecule has 0 unspecified atom stereocenters. The molecule has 4 rings (SSSR count). The molecule has 9 atom stereocenters. The van der Waals surface area contributed by atoms with E-state index >= 15 is 0 Å². The third-order valence-electron chi connectivity index (χ3n) is 9.26. The molecule has 0 saturated heterocycles. The molecule has 24 heavy (non-hydrogen) atoms. The molecule has 2 nitrogen and oxygen atoms in total. The van der Waals surface area contributed by atoms with Gasteiger partial charge in [0, 0.05) is 5.92 Å². The number of hydrogen-bond donors (Lipinski definition) is 2. The van der Waals surface area contributed by atoms with Gasteiger partial charge in [0.25, 0.3) is 0 Å². The third kappa shape index (κ3) is 2.24. The number of hydrogen-bond acceptors (Lipinski definition) is 2. The molecule has 4 fully saturated rings. The van der Waals surface area contributed by atoms with Gasteiger partial charge in [0.2, 0.25) is 0 Å². The van der Waals surface area contributed by atoms with Crippen molar-refractivity contribution >= 4 is 0 Å². The minimum absolute atomic E-state index is 0.0601. The highest BCUT2D eigenvalue weighted by molar-refractivity contribution is 5.13. The van der Waals surface area contributed by atoms with E-state index in [1.165, 1.54) is 38.5 Å². The van der Waals surface area contributed by atoms with E-state index in [0.29, 0.717) is 11.3 Å². The second kappa shape index (κ2) is 5.75. The Kier molecular flexibility index (Phi) is 4.05. The highest BCUT2D eigenvalue weighted by atomic mass is 16.3. The summed E-state index contributed by atoms with van der Waals surface area (Å²) >= 11 is 0. The minimum Gasteiger partial charge on any atom is -0.393 e. The van der Waals surface area contributed by atoms with Crippen molar-refractivity contribution < 1.29 is 10.2 Å². The molecular formula is C22H34O2. The first kappa shape index (κ1) is 16.9. The Balaban J connectivity index is 1.60. The quantitative estimate of drug-likeness (QED) is 0.714. The summed E-state index contributed by atoms with van der Waals surface area (Å²) in [4.78, 5) is 0. The molecule has 2 heteroatoms. The predicted octanol–water partition coefficient (Wildman–Crippen LogP) is 4.00. The van der Waals surface area contributed by atoms with Crippen molar-refractivity contribution in [3.05, 3.63) is 0 Å². The van der Waals surface area contributed by atoms with E-state index in [4.69, 9.17) is 6.42 Å². The normalized spacial score (nSPS) is 55.0. The zero-order chi connectivity index (χ0) is 17.1. The summed E-state index contributed by atoms with van der Waals surface area (Å²) in [5.41, 5.74) is 0.677. The van der Waals surface area contributed by atoms with Gasteiger partial charge in [0.15, 0.2) is 0 Å². The molecule has 4 aliphatic rings. The first-order valence-electron chi connectivity index (χ1n) is 10.2. The second-order valence-corrected chi connectivity index (χ2v) is 9.92. The van der Waals surface area contributed by atoms with E-state index < -0.39 is 6.10 Å². The Morgan fingerprint density at radius 1 is 0.958 bits per heavy atom. The fraction of sp³-hybridized carbons (Fsp3) is 0.909. The van der Waals surface area contributed by atoms with E-state index in [-0.39, 0.29) is 11.5 Å². The van der Waals surface area contributed by atoms with Crippen molar-refractivity contribution in [2.24, 2.45) is 40.4 Å². The summed E-state index contributed by atoms with van der Waals surface area (Å²) < 4.78 is 0. The number of aliphatic hydroxyl groups excluding tert-OH is 2. The molecule has 0 aromatic carbocycles. The SMILES string of the molecule is C#C[C@H](O)[C@H]1CC[C@H]2[C@@H]3CC[C@H]4C[C@H](O)CC[C@]4(C)[C@H]3CC[C@]12C. The van der Waals surface area contributed by atoms with Crippen LogP contribution in [0.3, 0.4) is 0 Å². The lowest BCUT2D eigenvalue weighted by Crippen LogP contribution is -2.54. The predicted molar refractivity (Wildman–Crippen MR) is 96.1 cm³/mol. The molecular weight excluding hydrogens is 296 g/mol. The van der Waals surface area contributed by atoms with Crippen LogP contribution in [0, 0.1) is 52.8 Å². The van der Waals surface area contributed by atoms with Crippen molar-refractivity contribution in [2.45, 2.75) is 83.8 Å². The van der Waals surface area contributed by atoms with Crippen LogP contribution < -0.4 is 0 Å². The first-order valence-corrected chi connectivity index (χ1v) is 10.2.